The van der Waals surface area contributed by atoms with Gasteiger partial charge in [0.1, 0.15) is 24.8 Å². The number of amides is 2. The standard InChI is InChI=1S/C20H18F2N2O4/c21-14-2-3-16(15(22)9-14)24-11-13(8-19(24)25)20(26)23-10-12-1-4-17-18(7-12)28-6-5-27-17/h1-4,7,9,13H,5-6,8,10-11H2,(H,23,26). The molecule has 6 nitrogen and oxygen atoms in total. The number of halogens is 2. The van der Waals surface area contributed by atoms with Gasteiger partial charge >= 0.3 is 0 Å². The van der Waals surface area contributed by atoms with Crippen molar-refractivity contribution in [2.45, 2.75) is 13.0 Å². The van der Waals surface area contributed by atoms with Crippen molar-refractivity contribution in [2.75, 3.05) is 24.7 Å². The number of carbonyl (C=O) groups excluding carboxylic acids is 2. The van der Waals surface area contributed by atoms with Crippen molar-refractivity contribution in [2.24, 2.45) is 5.92 Å². The van der Waals surface area contributed by atoms with E-state index in [1.807, 2.05) is 6.07 Å². The van der Waals surface area contributed by atoms with E-state index in [2.05, 4.69) is 5.32 Å². The van der Waals surface area contributed by atoms with Gasteiger partial charge < -0.3 is 19.7 Å². The van der Waals surface area contributed by atoms with Crippen LogP contribution in [0.1, 0.15) is 12.0 Å². The summed E-state index contributed by atoms with van der Waals surface area (Å²) in [5.41, 5.74) is 0.817. The highest BCUT2D eigenvalue weighted by molar-refractivity contribution is 6.00. The van der Waals surface area contributed by atoms with E-state index in [4.69, 9.17) is 9.47 Å². The minimum Gasteiger partial charge on any atom is -0.486 e. The van der Waals surface area contributed by atoms with Crippen molar-refractivity contribution in [1.29, 1.82) is 0 Å². The third-order valence-electron chi connectivity index (χ3n) is 4.77. The average molecular weight is 388 g/mol. The second-order valence-electron chi connectivity index (χ2n) is 6.70. The molecular formula is C20H18F2N2O4. The van der Waals surface area contributed by atoms with Gasteiger partial charge in [-0.15, -0.1) is 0 Å². The fourth-order valence-corrected chi connectivity index (χ4v) is 3.35. The summed E-state index contributed by atoms with van der Waals surface area (Å²) >= 11 is 0. The van der Waals surface area contributed by atoms with Crippen molar-refractivity contribution in [3.63, 3.8) is 0 Å². The van der Waals surface area contributed by atoms with Gasteiger partial charge in [-0.2, -0.15) is 0 Å². The van der Waals surface area contributed by atoms with E-state index in [0.29, 0.717) is 24.7 Å². The molecule has 0 aliphatic carbocycles. The normalized spacial score (nSPS) is 18.3. The quantitative estimate of drug-likeness (QED) is 0.874. The molecule has 8 heteroatoms. The Morgan fingerprint density at radius 3 is 2.68 bits per heavy atom. The number of hydrogen-bond acceptors (Lipinski definition) is 4. The number of rotatable bonds is 4. The van der Waals surface area contributed by atoms with Gasteiger partial charge in [0.25, 0.3) is 0 Å². The summed E-state index contributed by atoms with van der Waals surface area (Å²) in [4.78, 5) is 25.9. The van der Waals surface area contributed by atoms with E-state index in [1.54, 1.807) is 12.1 Å². The van der Waals surface area contributed by atoms with Crippen LogP contribution in [0, 0.1) is 17.6 Å². The van der Waals surface area contributed by atoms with Crippen LogP contribution >= 0.6 is 0 Å². The zero-order chi connectivity index (χ0) is 19.7. The molecule has 2 amide bonds. The highest BCUT2D eigenvalue weighted by Gasteiger charge is 2.36. The van der Waals surface area contributed by atoms with E-state index in [0.717, 1.165) is 17.7 Å². The SMILES string of the molecule is O=C(NCc1ccc2c(c1)OCCO2)C1CC(=O)N(c2ccc(F)cc2F)C1. The molecule has 28 heavy (non-hydrogen) atoms. The monoisotopic (exact) mass is 388 g/mol. The van der Waals surface area contributed by atoms with Gasteiger partial charge in [0, 0.05) is 25.6 Å². The molecule has 2 aliphatic heterocycles. The Kier molecular flexibility index (Phi) is 4.85. The molecule has 1 atom stereocenters. The number of nitrogens with one attached hydrogen (secondary N) is 1. The number of hydrogen-bond donors (Lipinski definition) is 1. The molecule has 1 unspecified atom stereocenters. The zero-order valence-corrected chi connectivity index (χ0v) is 14.9. The molecule has 2 aliphatic rings. The molecule has 1 saturated heterocycles. The fraction of sp³-hybridized carbons (Fsp3) is 0.300. The van der Waals surface area contributed by atoms with Crippen molar-refractivity contribution in [1.82, 2.24) is 5.32 Å². The summed E-state index contributed by atoms with van der Waals surface area (Å²) in [6.45, 7) is 1.30. The first-order chi connectivity index (χ1) is 13.5. The van der Waals surface area contributed by atoms with Gasteiger partial charge in [-0.05, 0) is 29.8 Å². The van der Waals surface area contributed by atoms with Crippen molar-refractivity contribution in [3.05, 3.63) is 53.6 Å². The van der Waals surface area contributed by atoms with Crippen LogP contribution in [0.15, 0.2) is 36.4 Å². The van der Waals surface area contributed by atoms with E-state index in [1.165, 1.54) is 11.0 Å². The summed E-state index contributed by atoms with van der Waals surface area (Å²) in [5.74, 6) is -1.52. The number of anilines is 1. The summed E-state index contributed by atoms with van der Waals surface area (Å²) < 4.78 is 38.0. The maximum atomic E-state index is 14.0. The molecule has 2 aromatic rings. The minimum atomic E-state index is -0.828. The zero-order valence-electron chi connectivity index (χ0n) is 14.9. The summed E-state index contributed by atoms with van der Waals surface area (Å²) in [6.07, 6.45) is -0.0240. The predicted molar refractivity (Wildman–Crippen MR) is 96.1 cm³/mol. The van der Waals surface area contributed by atoms with Crippen LogP contribution in [-0.2, 0) is 16.1 Å². The third-order valence-corrected chi connectivity index (χ3v) is 4.77. The lowest BCUT2D eigenvalue weighted by Gasteiger charge is -2.19. The van der Waals surface area contributed by atoms with Crippen LogP contribution in [0.25, 0.3) is 0 Å². The van der Waals surface area contributed by atoms with Crippen LogP contribution in [0.2, 0.25) is 0 Å². The molecule has 1 N–H and O–H groups in total. The summed E-state index contributed by atoms with van der Waals surface area (Å²) in [7, 11) is 0. The number of ether oxygens (including phenoxy) is 2. The Balaban J connectivity index is 1.38. The third kappa shape index (κ3) is 3.62. The van der Waals surface area contributed by atoms with Gasteiger partial charge in [-0.25, -0.2) is 8.78 Å². The van der Waals surface area contributed by atoms with E-state index in [-0.39, 0.29) is 37.0 Å². The highest BCUT2D eigenvalue weighted by atomic mass is 19.1. The van der Waals surface area contributed by atoms with Crippen molar-refractivity contribution < 1.29 is 27.8 Å². The number of nitrogens with zero attached hydrogens (tertiary/aromatic N) is 1. The van der Waals surface area contributed by atoms with Gasteiger partial charge in [0.2, 0.25) is 11.8 Å². The Bertz CT molecular complexity index is 934. The molecule has 0 saturated carbocycles. The van der Waals surface area contributed by atoms with Crippen LogP contribution in [-0.4, -0.2) is 31.6 Å². The first kappa shape index (κ1) is 18.2. The molecule has 0 spiro atoms. The highest BCUT2D eigenvalue weighted by Crippen LogP contribution is 2.31. The molecule has 146 valence electrons. The Morgan fingerprint density at radius 1 is 1.11 bits per heavy atom. The Morgan fingerprint density at radius 2 is 1.89 bits per heavy atom. The van der Waals surface area contributed by atoms with Crippen LogP contribution in [0.4, 0.5) is 14.5 Å². The number of carbonyl (C=O) groups is 2. The second-order valence-corrected chi connectivity index (χ2v) is 6.70. The largest absolute Gasteiger partial charge is 0.486 e. The molecule has 0 bridgehead atoms. The topological polar surface area (TPSA) is 67.9 Å². The van der Waals surface area contributed by atoms with Crippen molar-refractivity contribution in [3.8, 4) is 11.5 Å². The van der Waals surface area contributed by atoms with Gasteiger partial charge in [-0.3, -0.25) is 9.59 Å². The lowest BCUT2D eigenvalue weighted by Crippen LogP contribution is -2.32. The van der Waals surface area contributed by atoms with Gasteiger partial charge in [0.15, 0.2) is 11.5 Å². The maximum absolute atomic E-state index is 14.0. The molecule has 0 aromatic heterocycles. The Hall–Kier alpha value is -3.16. The molecule has 1 fully saturated rings. The molecular weight excluding hydrogens is 370 g/mol. The summed E-state index contributed by atoms with van der Waals surface area (Å²) in [6, 6.07) is 8.42. The molecule has 2 aromatic carbocycles. The van der Waals surface area contributed by atoms with Crippen LogP contribution < -0.4 is 19.7 Å². The molecule has 0 radical (unpaired) electrons. The number of benzene rings is 2. The van der Waals surface area contributed by atoms with E-state index >= 15 is 0 Å². The molecule has 2 heterocycles. The smallest absolute Gasteiger partial charge is 0.227 e. The fourth-order valence-electron chi connectivity index (χ4n) is 3.35. The number of fused-ring (bicyclic) bond motifs is 1. The van der Waals surface area contributed by atoms with Crippen molar-refractivity contribution >= 4 is 17.5 Å². The predicted octanol–water partition coefficient (Wildman–Crippen LogP) is 2.41. The molecule has 4 rings (SSSR count). The lowest BCUT2D eigenvalue weighted by atomic mass is 10.1. The summed E-state index contributed by atoms with van der Waals surface area (Å²) in [5, 5.41) is 2.80. The average Bonchev–Trinajstić information content (AvgIpc) is 3.07. The Labute approximate surface area is 160 Å². The van der Waals surface area contributed by atoms with Gasteiger partial charge in [0.05, 0.1) is 11.6 Å². The lowest BCUT2D eigenvalue weighted by molar-refractivity contribution is -0.126. The van der Waals surface area contributed by atoms with E-state index in [9.17, 15) is 18.4 Å². The first-order valence-electron chi connectivity index (χ1n) is 8.93. The first-order valence-corrected chi connectivity index (χ1v) is 8.93. The van der Waals surface area contributed by atoms with E-state index < -0.39 is 17.6 Å². The van der Waals surface area contributed by atoms with Crippen LogP contribution in [0.3, 0.4) is 0 Å². The van der Waals surface area contributed by atoms with Crippen LogP contribution in [0.5, 0.6) is 11.5 Å². The second kappa shape index (κ2) is 7.46. The maximum Gasteiger partial charge on any atom is 0.227 e. The van der Waals surface area contributed by atoms with Gasteiger partial charge in [-0.1, -0.05) is 6.07 Å². The minimum absolute atomic E-state index is 0.0199.